The van der Waals surface area contributed by atoms with Gasteiger partial charge in [0, 0.05) is 35.2 Å². The van der Waals surface area contributed by atoms with Crippen molar-refractivity contribution in [2.24, 2.45) is 0 Å². The van der Waals surface area contributed by atoms with Crippen LogP contribution in [0.25, 0.3) is 0 Å². The zero-order valence-electron chi connectivity index (χ0n) is 11.0. The normalized spacial score (nSPS) is 27.5. The van der Waals surface area contributed by atoms with Gasteiger partial charge in [0.25, 0.3) is 0 Å². The van der Waals surface area contributed by atoms with Gasteiger partial charge in [0.15, 0.2) is 0 Å². The van der Waals surface area contributed by atoms with Gasteiger partial charge in [-0.25, -0.2) is 0 Å². The molecule has 0 aromatic heterocycles. The minimum absolute atomic E-state index is 0.618. The molecule has 1 aromatic carbocycles. The molecular weight excluding hydrogens is 279 g/mol. The first kappa shape index (κ1) is 13.7. The molecule has 19 heavy (non-hydrogen) atoms. The van der Waals surface area contributed by atoms with E-state index in [4.69, 9.17) is 23.2 Å². The van der Waals surface area contributed by atoms with Gasteiger partial charge in [-0.2, -0.15) is 0 Å². The summed E-state index contributed by atoms with van der Waals surface area (Å²) in [6.45, 7) is 3.37. The predicted molar refractivity (Wildman–Crippen MR) is 80.9 cm³/mol. The lowest BCUT2D eigenvalue weighted by Gasteiger charge is -2.32. The molecule has 0 amide bonds. The predicted octanol–water partition coefficient (Wildman–Crippen LogP) is 3.71. The number of nitrogens with one attached hydrogen (secondary N) is 1. The van der Waals surface area contributed by atoms with E-state index in [1.807, 2.05) is 18.2 Å². The number of halogens is 2. The topological polar surface area (TPSA) is 15.3 Å². The average Bonchev–Trinajstić information content (AvgIpc) is 2.81. The van der Waals surface area contributed by atoms with Crippen LogP contribution in [0.5, 0.6) is 0 Å². The van der Waals surface area contributed by atoms with Gasteiger partial charge in [-0.15, -0.1) is 0 Å². The summed E-state index contributed by atoms with van der Waals surface area (Å²) < 4.78 is 0. The molecule has 0 saturated carbocycles. The molecule has 1 aromatic rings. The third kappa shape index (κ3) is 3.08. The molecule has 0 bridgehead atoms. The molecule has 0 radical (unpaired) electrons. The lowest BCUT2D eigenvalue weighted by atomic mass is 9.99. The van der Waals surface area contributed by atoms with E-state index in [1.165, 1.54) is 38.8 Å². The zero-order valence-corrected chi connectivity index (χ0v) is 12.6. The highest BCUT2D eigenvalue weighted by atomic mass is 35.5. The molecule has 2 aliphatic heterocycles. The van der Waals surface area contributed by atoms with Crippen molar-refractivity contribution in [1.82, 2.24) is 10.2 Å². The van der Waals surface area contributed by atoms with Gasteiger partial charge in [0.05, 0.1) is 0 Å². The van der Waals surface area contributed by atoms with Crippen LogP contribution < -0.4 is 5.32 Å². The van der Waals surface area contributed by atoms with Crippen molar-refractivity contribution in [3.63, 3.8) is 0 Å². The Hall–Kier alpha value is -0.280. The summed E-state index contributed by atoms with van der Waals surface area (Å²) in [6.07, 6.45) is 5.34. The second-order valence-corrected chi connectivity index (χ2v) is 6.45. The van der Waals surface area contributed by atoms with E-state index >= 15 is 0 Å². The van der Waals surface area contributed by atoms with E-state index in [0.29, 0.717) is 11.1 Å². The van der Waals surface area contributed by atoms with Crippen molar-refractivity contribution in [3.05, 3.63) is 33.8 Å². The number of piperidine rings is 1. The Kier molecular flexibility index (Phi) is 4.33. The molecule has 0 aliphatic carbocycles. The van der Waals surface area contributed by atoms with Crippen molar-refractivity contribution >= 4 is 23.2 Å². The van der Waals surface area contributed by atoms with Crippen LogP contribution in [0, 0.1) is 0 Å². The fourth-order valence-corrected chi connectivity index (χ4v) is 3.87. The van der Waals surface area contributed by atoms with Crippen LogP contribution in [-0.4, -0.2) is 30.1 Å². The number of benzene rings is 1. The van der Waals surface area contributed by atoms with E-state index in [9.17, 15) is 0 Å². The molecule has 2 heterocycles. The average molecular weight is 299 g/mol. The molecule has 104 valence electrons. The first-order valence-electron chi connectivity index (χ1n) is 7.15. The van der Waals surface area contributed by atoms with Crippen molar-refractivity contribution in [1.29, 1.82) is 0 Å². The summed E-state index contributed by atoms with van der Waals surface area (Å²) in [5.74, 6) is 0. The molecule has 2 unspecified atom stereocenters. The van der Waals surface area contributed by atoms with Gasteiger partial charge in [0.2, 0.25) is 0 Å². The van der Waals surface area contributed by atoms with Gasteiger partial charge in [-0.05, 0) is 43.5 Å². The lowest BCUT2D eigenvalue weighted by Crippen LogP contribution is -2.44. The maximum atomic E-state index is 6.22. The Morgan fingerprint density at radius 3 is 2.89 bits per heavy atom. The van der Waals surface area contributed by atoms with Gasteiger partial charge in [0.1, 0.15) is 0 Å². The number of hydrogen-bond acceptors (Lipinski definition) is 2. The number of nitrogens with zero attached hydrogens (tertiary/aromatic N) is 1. The second-order valence-electron chi connectivity index (χ2n) is 5.61. The van der Waals surface area contributed by atoms with Crippen LogP contribution in [0.4, 0.5) is 0 Å². The molecule has 2 nitrogen and oxygen atoms in total. The maximum Gasteiger partial charge on any atom is 0.0465 e. The smallest absolute Gasteiger partial charge is 0.0465 e. The Morgan fingerprint density at radius 2 is 2.05 bits per heavy atom. The largest absolute Gasteiger partial charge is 0.308 e. The molecule has 2 atom stereocenters. The first-order chi connectivity index (χ1) is 9.24. The Morgan fingerprint density at radius 1 is 1.16 bits per heavy atom. The highest BCUT2D eigenvalue weighted by Gasteiger charge is 2.34. The van der Waals surface area contributed by atoms with Crippen LogP contribution in [0.15, 0.2) is 18.2 Å². The Bertz CT molecular complexity index is 450. The fourth-order valence-electron chi connectivity index (χ4n) is 3.39. The van der Waals surface area contributed by atoms with E-state index in [1.54, 1.807) is 0 Å². The third-order valence-corrected chi connectivity index (χ3v) is 5.01. The van der Waals surface area contributed by atoms with E-state index in [2.05, 4.69) is 10.2 Å². The summed E-state index contributed by atoms with van der Waals surface area (Å²) in [4.78, 5) is 2.64. The van der Waals surface area contributed by atoms with Crippen molar-refractivity contribution in [2.45, 2.75) is 44.3 Å². The minimum atomic E-state index is 0.618. The summed E-state index contributed by atoms with van der Waals surface area (Å²) in [5.41, 5.74) is 1.14. The van der Waals surface area contributed by atoms with E-state index in [-0.39, 0.29) is 0 Å². The number of rotatable bonds is 3. The van der Waals surface area contributed by atoms with Crippen molar-refractivity contribution in [3.8, 4) is 0 Å². The highest BCUT2D eigenvalue weighted by molar-refractivity contribution is 6.35. The Balaban J connectivity index is 1.60. The highest BCUT2D eigenvalue weighted by Crippen LogP contribution is 2.28. The standard InChI is InChI=1S/C15H20Cl2N2/c16-12-5-4-11(13(17)9-12)10-18-14-6-8-19-7-2-1-3-15(14)19/h4-5,9,14-15,18H,1-3,6-8,10H2. The van der Waals surface area contributed by atoms with E-state index < -0.39 is 0 Å². The quantitative estimate of drug-likeness (QED) is 0.915. The summed E-state index contributed by atoms with van der Waals surface area (Å²) >= 11 is 12.1. The SMILES string of the molecule is Clc1ccc(CNC2CCN3CCCCC23)c(Cl)c1. The van der Waals surface area contributed by atoms with Crippen molar-refractivity contribution < 1.29 is 0 Å². The van der Waals surface area contributed by atoms with Crippen molar-refractivity contribution in [2.75, 3.05) is 13.1 Å². The summed E-state index contributed by atoms with van der Waals surface area (Å²) in [6, 6.07) is 7.10. The number of fused-ring (bicyclic) bond motifs is 1. The van der Waals surface area contributed by atoms with Crippen LogP contribution in [0.1, 0.15) is 31.2 Å². The van der Waals surface area contributed by atoms with Crippen LogP contribution in [0.2, 0.25) is 10.0 Å². The summed E-state index contributed by atoms with van der Waals surface area (Å²) in [7, 11) is 0. The van der Waals surface area contributed by atoms with Crippen LogP contribution in [-0.2, 0) is 6.54 Å². The Labute approximate surface area is 125 Å². The van der Waals surface area contributed by atoms with E-state index in [0.717, 1.165) is 23.2 Å². The van der Waals surface area contributed by atoms with Gasteiger partial charge < -0.3 is 5.32 Å². The summed E-state index contributed by atoms with van der Waals surface area (Å²) in [5, 5.41) is 5.15. The fraction of sp³-hybridized carbons (Fsp3) is 0.600. The van der Waals surface area contributed by atoms with Crippen LogP contribution in [0.3, 0.4) is 0 Å². The third-order valence-electron chi connectivity index (χ3n) is 4.43. The number of hydrogen-bond donors (Lipinski definition) is 1. The lowest BCUT2D eigenvalue weighted by molar-refractivity contribution is 0.180. The molecule has 1 N–H and O–H groups in total. The first-order valence-corrected chi connectivity index (χ1v) is 7.91. The molecule has 2 fully saturated rings. The monoisotopic (exact) mass is 298 g/mol. The maximum absolute atomic E-state index is 6.22. The zero-order chi connectivity index (χ0) is 13.2. The molecule has 2 saturated heterocycles. The van der Waals surface area contributed by atoms with Crippen LogP contribution >= 0.6 is 23.2 Å². The second kappa shape index (κ2) is 6.01. The molecule has 3 rings (SSSR count). The van der Waals surface area contributed by atoms with Gasteiger partial charge in [-0.1, -0.05) is 35.7 Å². The molecule has 0 spiro atoms. The molecular formula is C15H20Cl2N2. The van der Waals surface area contributed by atoms with Gasteiger partial charge in [-0.3, -0.25) is 4.90 Å². The molecule has 2 aliphatic rings. The molecule has 4 heteroatoms. The van der Waals surface area contributed by atoms with Gasteiger partial charge >= 0.3 is 0 Å². The minimum Gasteiger partial charge on any atom is -0.308 e.